The highest BCUT2D eigenvalue weighted by atomic mass is 35.5. The van der Waals surface area contributed by atoms with E-state index in [9.17, 15) is 9.65 Å². The van der Waals surface area contributed by atoms with Gasteiger partial charge < -0.3 is 15.2 Å². The zero-order valence-electron chi connectivity index (χ0n) is 20.1. The third-order valence-electron chi connectivity index (χ3n) is 7.97. The summed E-state index contributed by atoms with van der Waals surface area (Å²) in [6, 6.07) is 9.03. The van der Waals surface area contributed by atoms with E-state index in [0.29, 0.717) is 63.4 Å². The predicted octanol–water partition coefficient (Wildman–Crippen LogP) is 6.11. The minimum Gasteiger partial charge on any atom is -0.476 e. The van der Waals surface area contributed by atoms with Gasteiger partial charge >= 0.3 is 0 Å². The molecule has 2 aromatic heterocycles. The van der Waals surface area contributed by atoms with Gasteiger partial charge in [-0.2, -0.15) is 5.26 Å². The van der Waals surface area contributed by atoms with Crippen LogP contribution >= 0.6 is 22.9 Å². The maximum Gasteiger partial charge on any atom is 0.213 e. The molecule has 2 atom stereocenters. The van der Waals surface area contributed by atoms with Gasteiger partial charge in [0.1, 0.15) is 23.5 Å². The average Bonchev–Trinajstić information content (AvgIpc) is 3.48. The van der Waals surface area contributed by atoms with Crippen molar-refractivity contribution in [3.63, 3.8) is 0 Å². The van der Waals surface area contributed by atoms with Crippen LogP contribution < -0.4 is 10.5 Å². The molecule has 2 unspecified atom stereocenters. The second kappa shape index (κ2) is 8.29. The molecule has 6 nitrogen and oxygen atoms in total. The number of nitrogen functional groups attached to an aromatic ring is 1. The van der Waals surface area contributed by atoms with Crippen molar-refractivity contribution >= 4 is 48.9 Å². The monoisotopic (exact) mass is 522 g/mol. The van der Waals surface area contributed by atoms with Gasteiger partial charge in [-0.3, -0.25) is 4.90 Å². The summed E-state index contributed by atoms with van der Waals surface area (Å²) in [5.74, 6) is 0.589. The van der Waals surface area contributed by atoms with Gasteiger partial charge in [-0.05, 0) is 48.7 Å². The van der Waals surface area contributed by atoms with Gasteiger partial charge in [-0.1, -0.05) is 24.6 Å². The molecule has 0 spiro atoms. The summed E-state index contributed by atoms with van der Waals surface area (Å²) < 4.78 is 27.0. The fourth-order valence-electron chi connectivity index (χ4n) is 5.42. The number of likely N-dealkylation sites (tertiary alicyclic amines) is 1. The minimum atomic E-state index is -0.422. The first kappa shape index (κ1) is 23.4. The van der Waals surface area contributed by atoms with Crippen LogP contribution in [0.2, 0.25) is 5.02 Å². The number of ether oxygens (including phenoxy) is 2. The fourth-order valence-corrected chi connectivity index (χ4v) is 6.73. The van der Waals surface area contributed by atoms with Crippen LogP contribution in [0.5, 0.6) is 5.88 Å². The van der Waals surface area contributed by atoms with Crippen molar-refractivity contribution in [2.45, 2.75) is 32.6 Å². The summed E-state index contributed by atoms with van der Waals surface area (Å²) in [7, 11) is 2.10. The van der Waals surface area contributed by atoms with Crippen LogP contribution in [0, 0.1) is 23.1 Å². The van der Waals surface area contributed by atoms with Gasteiger partial charge in [0.2, 0.25) is 5.88 Å². The highest BCUT2D eigenvalue weighted by molar-refractivity contribution is 7.23. The molecule has 0 bridgehead atoms. The molecule has 0 radical (unpaired) electrons. The number of anilines is 1. The van der Waals surface area contributed by atoms with Gasteiger partial charge in [-0.15, -0.1) is 11.3 Å². The second-order valence-electron chi connectivity index (χ2n) is 9.86. The SMILES string of the molecule is CC1CN(C)C1(C)COc1ccc2c3c(c(-c4ccc(F)c5sc(N)c(C#N)c45)c(Cl)c2n1)COC3. The molecule has 36 heavy (non-hydrogen) atoms. The molecule has 6 rings (SSSR count). The smallest absolute Gasteiger partial charge is 0.213 e. The molecule has 2 aromatic carbocycles. The van der Waals surface area contributed by atoms with Crippen LogP contribution in [-0.2, 0) is 18.0 Å². The first-order chi connectivity index (χ1) is 17.2. The van der Waals surface area contributed by atoms with Gasteiger partial charge in [0.25, 0.3) is 0 Å². The summed E-state index contributed by atoms with van der Waals surface area (Å²) in [6.45, 7) is 6.74. The number of hydrogen-bond donors (Lipinski definition) is 1. The Balaban J connectivity index is 1.54. The molecule has 4 aromatic rings. The standard InChI is InChI=1S/C27H24ClFN4O2S/c1-13-9-33(3)27(13,2)12-35-20-7-5-14-17-10-34-11-18(17)21(23(28)24(14)32-20)15-4-6-19(29)25-22(15)16(8-30)26(31)36-25/h4-7,13H,9-12,31H2,1-3H3. The highest BCUT2D eigenvalue weighted by Crippen LogP contribution is 2.48. The van der Waals surface area contributed by atoms with E-state index in [0.717, 1.165) is 34.4 Å². The number of halogens is 2. The number of likely N-dealkylation sites (N-methyl/N-ethyl adjacent to an activating group) is 1. The molecule has 9 heteroatoms. The van der Waals surface area contributed by atoms with Crippen molar-refractivity contribution in [3.05, 3.63) is 51.8 Å². The quantitative estimate of drug-likeness (QED) is 0.348. The Kier molecular flexibility index (Phi) is 5.39. The number of pyridine rings is 1. The molecule has 0 saturated carbocycles. The molecule has 1 saturated heterocycles. The molecular formula is C27H24ClFN4O2S. The lowest BCUT2D eigenvalue weighted by atomic mass is 9.78. The fraction of sp³-hybridized carbons (Fsp3) is 0.333. The zero-order chi connectivity index (χ0) is 25.4. The number of aromatic nitrogens is 1. The van der Waals surface area contributed by atoms with E-state index in [1.807, 2.05) is 12.1 Å². The lowest BCUT2D eigenvalue weighted by molar-refractivity contribution is -0.0676. The minimum absolute atomic E-state index is 0.0519. The number of hydrogen-bond acceptors (Lipinski definition) is 7. The van der Waals surface area contributed by atoms with Gasteiger partial charge in [0.15, 0.2) is 0 Å². The van der Waals surface area contributed by atoms with Gasteiger partial charge in [0.05, 0.1) is 39.6 Å². The molecule has 0 amide bonds. The van der Waals surface area contributed by atoms with Crippen LogP contribution in [0.3, 0.4) is 0 Å². The number of thiophene rings is 1. The van der Waals surface area contributed by atoms with Crippen LogP contribution in [0.1, 0.15) is 30.5 Å². The van der Waals surface area contributed by atoms with E-state index >= 15 is 0 Å². The van der Waals surface area contributed by atoms with Crippen LogP contribution in [0.25, 0.3) is 32.1 Å². The Morgan fingerprint density at radius 3 is 2.83 bits per heavy atom. The molecule has 1 fully saturated rings. The summed E-state index contributed by atoms with van der Waals surface area (Å²) in [4.78, 5) is 7.09. The van der Waals surface area contributed by atoms with E-state index in [2.05, 4.69) is 31.9 Å². The van der Waals surface area contributed by atoms with Crippen molar-refractivity contribution in [2.75, 3.05) is 25.9 Å². The number of rotatable bonds is 4. The molecule has 2 N–H and O–H groups in total. The van der Waals surface area contributed by atoms with Crippen LogP contribution in [0.4, 0.5) is 9.39 Å². The summed E-state index contributed by atoms with van der Waals surface area (Å²) in [5.41, 5.74) is 10.1. The van der Waals surface area contributed by atoms with Gasteiger partial charge in [-0.25, -0.2) is 9.37 Å². The highest BCUT2D eigenvalue weighted by Gasteiger charge is 2.45. The molecular weight excluding hydrogens is 499 g/mol. The molecule has 4 heterocycles. The van der Waals surface area contributed by atoms with Crippen molar-refractivity contribution in [1.82, 2.24) is 9.88 Å². The Labute approximate surface area is 217 Å². The molecule has 184 valence electrons. The first-order valence-electron chi connectivity index (χ1n) is 11.7. The van der Waals surface area contributed by atoms with Crippen LogP contribution in [0.15, 0.2) is 24.3 Å². The normalized spacial score (nSPS) is 21.5. The third-order valence-corrected chi connectivity index (χ3v) is 9.37. The average molecular weight is 523 g/mol. The van der Waals surface area contributed by atoms with Crippen molar-refractivity contribution in [3.8, 4) is 23.1 Å². The number of nitrogens with zero attached hydrogens (tertiary/aromatic N) is 3. The van der Waals surface area contributed by atoms with Crippen molar-refractivity contribution < 1.29 is 13.9 Å². The Morgan fingerprint density at radius 1 is 1.33 bits per heavy atom. The van der Waals surface area contributed by atoms with E-state index in [4.69, 9.17) is 31.8 Å². The Hall–Kier alpha value is -2.96. The lowest BCUT2D eigenvalue weighted by Gasteiger charge is -2.53. The second-order valence-corrected chi connectivity index (χ2v) is 11.3. The lowest BCUT2D eigenvalue weighted by Crippen LogP contribution is -2.65. The molecule has 0 aliphatic carbocycles. The first-order valence-corrected chi connectivity index (χ1v) is 12.9. The van der Waals surface area contributed by atoms with Crippen molar-refractivity contribution in [1.29, 1.82) is 5.26 Å². The maximum atomic E-state index is 14.7. The Morgan fingerprint density at radius 2 is 2.11 bits per heavy atom. The largest absolute Gasteiger partial charge is 0.476 e. The molecule has 2 aliphatic heterocycles. The molecule has 2 aliphatic rings. The summed E-state index contributed by atoms with van der Waals surface area (Å²) in [6.07, 6.45) is 0. The maximum absolute atomic E-state index is 14.7. The number of nitriles is 1. The van der Waals surface area contributed by atoms with E-state index < -0.39 is 5.82 Å². The van der Waals surface area contributed by atoms with Gasteiger partial charge in [0, 0.05) is 28.9 Å². The third kappa shape index (κ3) is 3.24. The number of benzene rings is 2. The summed E-state index contributed by atoms with van der Waals surface area (Å²) in [5, 5.41) is 11.9. The van der Waals surface area contributed by atoms with E-state index in [1.54, 1.807) is 6.07 Å². The summed E-state index contributed by atoms with van der Waals surface area (Å²) >= 11 is 8.13. The number of nitrogens with two attached hydrogens (primary N) is 1. The Bertz CT molecular complexity index is 1600. The topological polar surface area (TPSA) is 84.4 Å². The van der Waals surface area contributed by atoms with E-state index in [1.165, 1.54) is 6.07 Å². The van der Waals surface area contributed by atoms with Crippen LogP contribution in [-0.4, -0.2) is 35.6 Å². The zero-order valence-corrected chi connectivity index (χ0v) is 21.7. The van der Waals surface area contributed by atoms with Crippen molar-refractivity contribution in [2.24, 2.45) is 5.92 Å². The number of fused-ring (bicyclic) bond motifs is 4. The van der Waals surface area contributed by atoms with E-state index in [-0.39, 0.29) is 16.1 Å². The predicted molar refractivity (Wildman–Crippen MR) is 141 cm³/mol.